The van der Waals surface area contributed by atoms with Crippen LogP contribution in [-0.4, -0.2) is 31.9 Å². The third-order valence-electron chi connectivity index (χ3n) is 2.99. The topological polar surface area (TPSA) is 82.3 Å². The van der Waals surface area contributed by atoms with Gasteiger partial charge in [-0.05, 0) is 38.1 Å². The predicted molar refractivity (Wildman–Crippen MR) is 72.9 cm³/mol. The van der Waals surface area contributed by atoms with E-state index < -0.39 is 15.4 Å². The molecule has 1 heterocycles. The Balaban J connectivity index is 2.34. The fraction of sp³-hybridized carbons (Fsp3) is 0.385. The Bertz CT molecular complexity index is 702. The molecule has 1 aromatic heterocycles. The van der Waals surface area contributed by atoms with Crippen LogP contribution in [0.5, 0.6) is 0 Å². The fourth-order valence-electron chi connectivity index (χ4n) is 1.52. The first-order chi connectivity index (χ1) is 9.24. The smallest absolute Gasteiger partial charge is 0.258 e. The largest absolute Gasteiger partial charge is 0.369 e. The molecule has 6 nitrogen and oxygen atoms in total. The Kier molecular flexibility index (Phi) is 3.66. The van der Waals surface area contributed by atoms with Crippen LogP contribution in [0.4, 0.5) is 0 Å². The minimum Gasteiger partial charge on any atom is -0.369 e. The number of rotatable bonds is 4. The Hall–Kier alpha value is -1.73. The number of hydrogen-bond donors (Lipinski definition) is 0. The molecule has 0 amide bonds. The lowest BCUT2D eigenvalue weighted by Crippen LogP contribution is -2.19. The number of benzene rings is 1. The maximum absolute atomic E-state index is 11.4. The molecule has 0 fully saturated rings. The summed E-state index contributed by atoms with van der Waals surface area (Å²) in [6.07, 6.45) is 1.16. The molecule has 0 bridgehead atoms. The van der Waals surface area contributed by atoms with E-state index in [2.05, 4.69) is 10.1 Å². The standard InChI is InChI=1S/C13H16N2O4S/c1-13(2,18-3)12-14-11(15-19-12)9-5-7-10(8-6-9)20(4,16)17/h5-8H,1-4H3. The molecule has 0 N–H and O–H groups in total. The molecule has 7 heteroatoms. The lowest BCUT2D eigenvalue weighted by molar-refractivity contribution is -0.00786. The van der Waals surface area contributed by atoms with Crippen LogP contribution in [0.3, 0.4) is 0 Å². The number of sulfone groups is 1. The van der Waals surface area contributed by atoms with Crippen molar-refractivity contribution in [3.8, 4) is 11.4 Å². The van der Waals surface area contributed by atoms with E-state index in [0.717, 1.165) is 6.26 Å². The van der Waals surface area contributed by atoms with Crippen molar-refractivity contribution in [2.24, 2.45) is 0 Å². The molecule has 0 radical (unpaired) electrons. The first kappa shape index (κ1) is 14.7. The SMILES string of the molecule is COC(C)(C)c1nc(-c2ccc(S(C)(=O)=O)cc2)no1. The summed E-state index contributed by atoms with van der Waals surface area (Å²) in [4.78, 5) is 4.51. The molecule has 0 saturated heterocycles. The van der Waals surface area contributed by atoms with Gasteiger partial charge in [-0.15, -0.1) is 0 Å². The van der Waals surface area contributed by atoms with Gasteiger partial charge < -0.3 is 9.26 Å². The van der Waals surface area contributed by atoms with Crippen LogP contribution in [0.1, 0.15) is 19.7 Å². The first-order valence-corrected chi connectivity index (χ1v) is 7.83. The molecule has 0 atom stereocenters. The van der Waals surface area contributed by atoms with E-state index in [1.807, 2.05) is 13.8 Å². The van der Waals surface area contributed by atoms with Gasteiger partial charge in [0.2, 0.25) is 5.82 Å². The van der Waals surface area contributed by atoms with E-state index in [1.165, 1.54) is 12.1 Å². The maximum Gasteiger partial charge on any atom is 0.258 e. The summed E-state index contributed by atoms with van der Waals surface area (Å²) in [6.45, 7) is 3.63. The summed E-state index contributed by atoms with van der Waals surface area (Å²) < 4.78 is 33.2. The number of hydrogen-bond acceptors (Lipinski definition) is 6. The van der Waals surface area contributed by atoms with Crippen molar-refractivity contribution in [3.05, 3.63) is 30.2 Å². The van der Waals surface area contributed by atoms with Crippen molar-refractivity contribution in [1.29, 1.82) is 0 Å². The Morgan fingerprint density at radius 3 is 2.30 bits per heavy atom. The van der Waals surface area contributed by atoms with Crippen molar-refractivity contribution < 1.29 is 17.7 Å². The average molecular weight is 296 g/mol. The van der Waals surface area contributed by atoms with Gasteiger partial charge in [0, 0.05) is 18.9 Å². The lowest BCUT2D eigenvalue weighted by Gasteiger charge is -2.16. The van der Waals surface area contributed by atoms with Crippen molar-refractivity contribution >= 4 is 9.84 Å². The van der Waals surface area contributed by atoms with Crippen LogP contribution in [0, 0.1) is 0 Å². The van der Waals surface area contributed by atoms with E-state index in [4.69, 9.17) is 9.26 Å². The fourth-order valence-corrected chi connectivity index (χ4v) is 2.15. The molecule has 0 spiro atoms. The van der Waals surface area contributed by atoms with Gasteiger partial charge in [-0.1, -0.05) is 5.16 Å². The highest BCUT2D eigenvalue weighted by Crippen LogP contribution is 2.25. The van der Waals surface area contributed by atoms with Crippen LogP contribution < -0.4 is 0 Å². The second-order valence-electron chi connectivity index (χ2n) is 4.93. The van der Waals surface area contributed by atoms with E-state index in [-0.39, 0.29) is 4.90 Å². The number of ether oxygens (including phenoxy) is 1. The molecule has 0 unspecified atom stereocenters. The summed E-state index contributed by atoms with van der Waals surface area (Å²) in [5.74, 6) is 0.757. The zero-order valence-electron chi connectivity index (χ0n) is 11.7. The summed E-state index contributed by atoms with van der Waals surface area (Å²) in [6, 6.07) is 6.32. The third-order valence-corrected chi connectivity index (χ3v) is 4.12. The molecule has 1 aromatic carbocycles. The van der Waals surface area contributed by atoms with Crippen molar-refractivity contribution in [3.63, 3.8) is 0 Å². The van der Waals surface area contributed by atoms with Crippen molar-refractivity contribution in [2.75, 3.05) is 13.4 Å². The number of methoxy groups -OCH3 is 1. The molecule has 108 valence electrons. The van der Waals surface area contributed by atoms with Crippen molar-refractivity contribution in [2.45, 2.75) is 24.3 Å². The van der Waals surface area contributed by atoms with E-state index in [0.29, 0.717) is 17.3 Å². The predicted octanol–water partition coefficient (Wildman–Crippen LogP) is 2.02. The normalized spacial score (nSPS) is 12.6. The summed E-state index contributed by atoms with van der Waals surface area (Å²) in [7, 11) is -1.65. The number of nitrogens with zero attached hydrogens (tertiary/aromatic N) is 2. The van der Waals surface area contributed by atoms with Gasteiger partial charge in [0.25, 0.3) is 5.89 Å². The molecule has 2 aromatic rings. The quantitative estimate of drug-likeness (QED) is 0.858. The minimum atomic E-state index is -3.21. The Labute approximate surface area is 117 Å². The van der Waals surface area contributed by atoms with Crippen LogP contribution >= 0.6 is 0 Å². The monoisotopic (exact) mass is 296 g/mol. The van der Waals surface area contributed by atoms with Gasteiger partial charge in [0.1, 0.15) is 5.60 Å². The van der Waals surface area contributed by atoms with Crippen LogP contribution in [-0.2, 0) is 20.2 Å². The van der Waals surface area contributed by atoms with Crippen LogP contribution in [0.25, 0.3) is 11.4 Å². The van der Waals surface area contributed by atoms with E-state index in [9.17, 15) is 8.42 Å². The second kappa shape index (κ2) is 4.99. The summed E-state index contributed by atoms with van der Waals surface area (Å²) in [5.41, 5.74) is 0.0112. The van der Waals surface area contributed by atoms with Gasteiger partial charge in [-0.2, -0.15) is 4.98 Å². The lowest BCUT2D eigenvalue weighted by atomic mass is 10.1. The van der Waals surface area contributed by atoms with Crippen LogP contribution in [0.15, 0.2) is 33.7 Å². The summed E-state index contributed by atoms with van der Waals surface area (Å²) >= 11 is 0. The molecular formula is C13H16N2O4S. The highest BCUT2D eigenvalue weighted by atomic mass is 32.2. The molecule has 2 rings (SSSR count). The Morgan fingerprint density at radius 2 is 1.80 bits per heavy atom. The zero-order valence-corrected chi connectivity index (χ0v) is 12.6. The van der Waals surface area contributed by atoms with Gasteiger partial charge in [-0.3, -0.25) is 0 Å². The number of aromatic nitrogens is 2. The molecule has 0 aliphatic carbocycles. The van der Waals surface area contributed by atoms with Gasteiger partial charge in [0.15, 0.2) is 9.84 Å². The maximum atomic E-state index is 11.4. The first-order valence-electron chi connectivity index (χ1n) is 5.94. The summed E-state index contributed by atoms with van der Waals surface area (Å²) in [5, 5.41) is 3.88. The van der Waals surface area contributed by atoms with Gasteiger partial charge >= 0.3 is 0 Å². The van der Waals surface area contributed by atoms with Gasteiger partial charge in [-0.25, -0.2) is 8.42 Å². The zero-order chi connectivity index (χ0) is 15.0. The molecule has 0 aliphatic heterocycles. The van der Waals surface area contributed by atoms with Crippen LogP contribution in [0.2, 0.25) is 0 Å². The highest BCUT2D eigenvalue weighted by Gasteiger charge is 2.27. The molecular weight excluding hydrogens is 280 g/mol. The Morgan fingerprint density at radius 1 is 1.20 bits per heavy atom. The van der Waals surface area contributed by atoms with E-state index in [1.54, 1.807) is 19.2 Å². The van der Waals surface area contributed by atoms with E-state index >= 15 is 0 Å². The average Bonchev–Trinajstić information content (AvgIpc) is 2.88. The van der Waals surface area contributed by atoms with Gasteiger partial charge in [0.05, 0.1) is 4.90 Å². The highest BCUT2D eigenvalue weighted by molar-refractivity contribution is 7.90. The third kappa shape index (κ3) is 2.88. The van der Waals surface area contributed by atoms with Crippen molar-refractivity contribution in [1.82, 2.24) is 10.1 Å². The molecule has 0 aliphatic rings. The molecule has 20 heavy (non-hydrogen) atoms. The molecule has 0 saturated carbocycles. The minimum absolute atomic E-state index is 0.252. The second-order valence-corrected chi connectivity index (χ2v) is 6.95.